The summed E-state index contributed by atoms with van der Waals surface area (Å²) in [5, 5.41) is 6.08. The lowest BCUT2D eigenvalue weighted by Gasteiger charge is -2.32. The van der Waals surface area contributed by atoms with Gasteiger partial charge in [0.15, 0.2) is 10.8 Å². The van der Waals surface area contributed by atoms with Crippen molar-refractivity contribution < 1.29 is 14.0 Å². The number of aryl methyl sites for hydroxylation is 1. The number of anilines is 2. The van der Waals surface area contributed by atoms with E-state index in [0.717, 1.165) is 24.9 Å². The van der Waals surface area contributed by atoms with Crippen LogP contribution in [0.15, 0.2) is 29.3 Å². The van der Waals surface area contributed by atoms with Crippen LogP contribution in [0.1, 0.15) is 32.3 Å². The molecule has 3 heterocycles. The van der Waals surface area contributed by atoms with E-state index in [1.165, 1.54) is 34.4 Å². The predicted molar refractivity (Wildman–Crippen MR) is 130 cm³/mol. The fraction of sp³-hybridized carbons (Fsp3) is 0.435. The van der Waals surface area contributed by atoms with Gasteiger partial charge in [-0.1, -0.05) is 17.4 Å². The Balaban J connectivity index is 1.49. The number of rotatable bonds is 6. The molecule has 1 aromatic carbocycles. The molecule has 9 nitrogen and oxygen atoms in total. The zero-order chi connectivity index (χ0) is 24.4. The van der Waals surface area contributed by atoms with Crippen LogP contribution in [0, 0.1) is 18.7 Å². The maximum atomic E-state index is 14.0. The molecule has 2 N–H and O–H groups in total. The molecule has 0 radical (unpaired) electrons. The molecule has 1 aliphatic heterocycles. The Bertz CT molecular complexity index is 1290. The average Bonchev–Trinajstić information content (AvgIpc) is 3.23. The Kier molecular flexibility index (Phi) is 6.92. The molecule has 3 aromatic rings. The Morgan fingerprint density at radius 3 is 2.85 bits per heavy atom. The Morgan fingerprint density at radius 2 is 2.12 bits per heavy atom. The number of amides is 2. The number of nitrogens with zero attached hydrogens (tertiary/aromatic N) is 4. The number of piperidine rings is 1. The number of fused-ring (bicyclic) bond motifs is 1. The SMILES string of the molecule is Cc1ccc(NC(=O)Cn2cnc3nc(N4CCCC(C(=O)NC(C)C)C4)sc3c2=O)c(F)c1. The number of nitrogens with one attached hydrogen (secondary N) is 2. The molecule has 0 bridgehead atoms. The van der Waals surface area contributed by atoms with Gasteiger partial charge in [-0.3, -0.25) is 19.0 Å². The second-order valence-electron chi connectivity index (χ2n) is 8.81. The van der Waals surface area contributed by atoms with Gasteiger partial charge in [-0.2, -0.15) is 4.98 Å². The minimum Gasteiger partial charge on any atom is -0.354 e. The molecule has 34 heavy (non-hydrogen) atoms. The van der Waals surface area contributed by atoms with Crippen molar-refractivity contribution in [1.29, 1.82) is 0 Å². The van der Waals surface area contributed by atoms with Gasteiger partial charge < -0.3 is 15.5 Å². The number of hydrogen-bond acceptors (Lipinski definition) is 7. The number of benzene rings is 1. The lowest BCUT2D eigenvalue weighted by atomic mass is 9.97. The van der Waals surface area contributed by atoms with E-state index in [9.17, 15) is 18.8 Å². The smallest absolute Gasteiger partial charge is 0.273 e. The van der Waals surface area contributed by atoms with Crippen molar-refractivity contribution in [2.75, 3.05) is 23.3 Å². The maximum absolute atomic E-state index is 14.0. The van der Waals surface area contributed by atoms with Crippen LogP contribution < -0.4 is 21.1 Å². The predicted octanol–water partition coefficient (Wildman–Crippen LogP) is 2.68. The summed E-state index contributed by atoms with van der Waals surface area (Å²) in [4.78, 5) is 48.6. The number of aromatic nitrogens is 3. The molecule has 0 aliphatic carbocycles. The van der Waals surface area contributed by atoms with Gasteiger partial charge >= 0.3 is 0 Å². The topological polar surface area (TPSA) is 109 Å². The van der Waals surface area contributed by atoms with Crippen LogP contribution in [0.4, 0.5) is 15.2 Å². The van der Waals surface area contributed by atoms with Gasteiger partial charge in [0.05, 0.1) is 11.6 Å². The van der Waals surface area contributed by atoms with Crippen LogP contribution in [-0.4, -0.2) is 45.5 Å². The van der Waals surface area contributed by atoms with E-state index in [1.54, 1.807) is 13.0 Å². The molecule has 11 heteroatoms. The van der Waals surface area contributed by atoms with Gasteiger partial charge in [0.25, 0.3) is 5.56 Å². The highest BCUT2D eigenvalue weighted by atomic mass is 32.1. The zero-order valence-corrected chi connectivity index (χ0v) is 20.1. The lowest BCUT2D eigenvalue weighted by molar-refractivity contribution is -0.125. The van der Waals surface area contributed by atoms with Crippen molar-refractivity contribution in [2.45, 2.75) is 46.2 Å². The van der Waals surface area contributed by atoms with Crippen LogP contribution in [0.3, 0.4) is 0 Å². The monoisotopic (exact) mass is 486 g/mol. The lowest BCUT2D eigenvalue weighted by Crippen LogP contribution is -2.44. The Morgan fingerprint density at radius 1 is 1.32 bits per heavy atom. The van der Waals surface area contributed by atoms with Crippen molar-refractivity contribution in [1.82, 2.24) is 19.9 Å². The molecule has 4 rings (SSSR count). The van der Waals surface area contributed by atoms with E-state index in [2.05, 4.69) is 20.6 Å². The van der Waals surface area contributed by atoms with Crippen molar-refractivity contribution in [3.05, 3.63) is 46.3 Å². The highest BCUT2D eigenvalue weighted by Gasteiger charge is 2.28. The highest BCUT2D eigenvalue weighted by molar-refractivity contribution is 7.22. The Labute approximate surface area is 200 Å². The molecule has 1 aliphatic rings. The zero-order valence-electron chi connectivity index (χ0n) is 19.3. The average molecular weight is 487 g/mol. The van der Waals surface area contributed by atoms with E-state index in [4.69, 9.17) is 0 Å². The van der Waals surface area contributed by atoms with Gasteiger partial charge in [0, 0.05) is 19.1 Å². The summed E-state index contributed by atoms with van der Waals surface area (Å²) in [5.41, 5.74) is 0.709. The van der Waals surface area contributed by atoms with E-state index in [1.807, 2.05) is 18.7 Å². The number of carbonyl (C=O) groups excluding carboxylic acids is 2. The Hall–Kier alpha value is -3.34. The summed E-state index contributed by atoms with van der Waals surface area (Å²) in [5.74, 6) is -1.19. The molecule has 2 amide bonds. The number of halogens is 1. The summed E-state index contributed by atoms with van der Waals surface area (Å²) < 4.78 is 15.5. The van der Waals surface area contributed by atoms with Crippen molar-refractivity contribution in [3.63, 3.8) is 0 Å². The normalized spacial score (nSPS) is 16.1. The highest BCUT2D eigenvalue weighted by Crippen LogP contribution is 2.29. The summed E-state index contributed by atoms with van der Waals surface area (Å²) in [7, 11) is 0. The van der Waals surface area contributed by atoms with Crippen LogP contribution in [0.2, 0.25) is 0 Å². The first-order chi connectivity index (χ1) is 16.2. The van der Waals surface area contributed by atoms with Crippen molar-refractivity contribution >= 4 is 44.3 Å². The first-order valence-corrected chi connectivity index (χ1v) is 12.0. The van der Waals surface area contributed by atoms with Gasteiger partial charge in [-0.15, -0.1) is 0 Å². The third kappa shape index (κ3) is 5.24. The molecular formula is C23H27FN6O3S. The number of hydrogen-bond donors (Lipinski definition) is 2. The molecule has 180 valence electrons. The fourth-order valence-electron chi connectivity index (χ4n) is 3.92. The van der Waals surface area contributed by atoms with Gasteiger partial charge in [0.1, 0.15) is 23.4 Å². The summed E-state index contributed by atoms with van der Waals surface area (Å²) in [6.45, 7) is 6.58. The van der Waals surface area contributed by atoms with E-state index < -0.39 is 11.7 Å². The summed E-state index contributed by atoms with van der Waals surface area (Å²) >= 11 is 1.20. The van der Waals surface area contributed by atoms with Crippen LogP contribution in [-0.2, 0) is 16.1 Å². The number of carbonyl (C=O) groups is 2. The van der Waals surface area contributed by atoms with Crippen molar-refractivity contribution in [3.8, 4) is 0 Å². The number of thiazole rings is 1. The molecule has 1 saturated heterocycles. The molecule has 1 atom stereocenters. The first-order valence-electron chi connectivity index (χ1n) is 11.2. The maximum Gasteiger partial charge on any atom is 0.273 e. The molecule has 0 spiro atoms. The second kappa shape index (κ2) is 9.88. The molecule has 2 aromatic heterocycles. The molecular weight excluding hydrogens is 459 g/mol. The largest absolute Gasteiger partial charge is 0.354 e. The molecule has 0 saturated carbocycles. The third-order valence-corrected chi connectivity index (χ3v) is 6.67. The van der Waals surface area contributed by atoms with Crippen LogP contribution >= 0.6 is 11.3 Å². The standard InChI is InChI=1S/C23H27FN6O3S/c1-13(2)26-21(32)15-5-4-8-29(10-15)23-28-20-19(34-23)22(33)30(12-25-20)11-18(31)27-17-7-6-14(3)9-16(17)24/h6-7,9,12-13,15H,4-5,8,10-11H2,1-3H3,(H,26,32)(H,27,31). The quantitative estimate of drug-likeness (QED) is 0.555. The summed E-state index contributed by atoms with van der Waals surface area (Å²) in [6, 6.07) is 4.57. The van der Waals surface area contributed by atoms with Gasteiger partial charge in [-0.25, -0.2) is 9.37 Å². The van der Waals surface area contributed by atoms with E-state index in [-0.39, 0.29) is 35.7 Å². The van der Waals surface area contributed by atoms with E-state index in [0.29, 0.717) is 22.0 Å². The van der Waals surface area contributed by atoms with Gasteiger partial charge in [0.2, 0.25) is 11.8 Å². The van der Waals surface area contributed by atoms with Crippen molar-refractivity contribution in [2.24, 2.45) is 5.92 Å². The minimum absolute atomic E-state index is 0.0253. The minimum atomic E-state index is -0.539. The van der Waals surface area contributed by atoms with Crippen LogP contribution in [0.5, 0.6) is 0 Å². The summed E-state index contributed by atoms with van der Waals surface area (Å²) in [6.07, 6.45) is 2.93. The molecule has 1 fully saturated rings. The van der Waals surface area contributed by atoms with Gasteiger partial charge in [-0.05, 0) is 51.3 Å². The second-order valence-corrected chi connectivity index (χ2v) is 9.78. The van der Waals surface area contributed by atoms with Crippen LogP contribution in [0.25, 0.3) is 10.3 Å². The third-order valence-electron chi connectivity index (χ3n) is 5.58. The molecule has 1 unspecified atom stereocenters. The fourth-order valence-corrected chi connectivity index (χ4v) is 4.92. The first kappa shape index (κ1) is 23.8. The van der Waals surface area contributed by atoms with E-state index >= 15 is 0 Å².